The highest BCUT2D eigenvalue weighted by molar-refractivity contribution is 4.72. The van der Waals surface area contributed by atoms with Gasteiger partial charge >= 0.3 is 0 Å². The lowest BCUT2D eigenvalue weighted by atomic mass is 10.1. The zero-order chi connectivity index (χ0) is 6.53. The van der Waals surface area contributed by atoms with E-state index in [1.165, 1.54) is 25.8 Å². The quantitative estimate of drug-likeness (QED) is 0.560. The van der Waals surface area contributed by atoms with E-state index >= 15 is 0 Å². The lowest BCUT2D eigenvalue weighted by Crippen LogP contribution is -2.40. The molecule has 1 atom stereocenters. The molecule has 1 aliphatic heterocycles. The van der Waals surface area contributed by atoms with Gasteiger partial charge in [-0.25, -0.2) is 0 Å². The Morgan fingerprint density at radius 1 is 1.56 bits per heavy atom. The molecule has 2 nitrogen and oxygen atoms in total. The van der Waals surface area contributed by atoms with Crippen molar-refractivity contribution in [3.05, 3.63) is 0 Å². The fourth-order valence-electron chi connectivity index (χ4n) is 1.34. The predicted molar refractivity (Wildman–Crippen MR) is 39.6 cm³/mol. The Hall–Kier alpha value is -0.0800. The summed E-state index contributed by atoms with van der Waals surface area (Å²) in [4.78, 5) is 0. The van der Waals surface area contributed by atoms with Crippen LogP contribution in [0.4, 0.5) is 0 Å². The van der Waals surface area contributed by atoms with Gasteiger partial charge < -0.3 is 10.6 Å². The molecule has 0 aliphatic carbocycles. The number of piperidine rings is 1. The first-order valence-corrected chi connectivity index (χ1v) is 3.81. The summed E-state index contributed by atoms with van der Waals surface area (Å²) < 4.78 is 0. The summed E-state index contributed by atoms with van der Waals surface area (Å²) in [5.74, 6) is 0. The molecular weight excluding hydrogens is 112 g/mol. The molecule has 0 bridgehead atoms. The average molecular weight is 128 g/mol. The molecule has 0 aromatic carbocycles. The van der Waals surface area contributed by atoms with Crippen LogP contribution in [0, 0.1) is 0 Å². The second-order valence-electron chi connectivity index (χ2n) is 2.70. The van der Waals surface area contributed by atoms with Gasteiger partial charge in [-0.3, -0.25) is 0 Å². The second-order valence-corrected chi connectivity index (χ2v) is 2.70. The highest BCUT2D eigenvalue weighted by Crippen LogP contribution is 2.04. The van der Waals surface area contributed by atoms with E-state index in [9.17, 15) is 0 Å². The van der Waals surface area contributed by atoms with Gasteiger partial charge in [0.1, 0.15) is 0 Å². The Morgan fingerprint density at radius 3 is 3.00 bits per heavy atom. The number of rotatable bonds is 2. The monoisotopic (exact) mass is 128 g/mol. The summed E-state index contributed by atoms with van der Waals surface area (Å²) in [5.41, 5.74) is 0. The molecular formula is C7H16N2. The van der Waals surface area contributed by atoms with Crippen LogP contribution in [0.15, 0.2) is 0 Å². The Morgan fingerprint density at radius 2 is 2.44 bits per heavy atom. The maximum Gasteiger partial charge on any atom is 0.0192 e. The van der Waals surface area contributed by atoms with E-state index in [-0.39, 0.29) is 0 Å². The summed E-state index contributed by atoms with van der Waals surface area (Å²) >= 11 is 0. The molecule has 0 saturated carbocycles. The standard InChI is InChI=1S/C7H16N2/c1-8-6-7-4-2-3-5-9-7/h7-9H,2-6H2,1H3/t7-/m0/s1. The van der Waals surface area contributed by atoms with Gasteiger partial charge in [-0.15, -0.1) is 0 Å². The topological polar surface area (TPSA) is 24.1 Å². The number of nitrogens with one attached hydrogen (secondary N) is 2. The molecule has 0 aromatic rings. The first-order valence-electron chi connectivity index (χ1n) is 3.81. The van der Waals surface area contributed by atoms with E-state index in [2.05, 4.69) is 10.6 Å². The zero-order valence-electron chi connectivity index (χ0n) is 6.11. The van der Waals surface area contributed by atoms with Crippen molar-refractivity contribution in [2.75, 3.05) is 20.1 Å². The van der Waals surface area contributed by atoms with Crippen molar-refractivity contribution in [2.45, 2.75) is 25.3 Å². The van der Waals surface area contributed by atoms with Crippen molar-refractivity contribution in [2.24, 2.45) is 0 Å². The van der Waals surface area contributed by atoms with Crippen LogP contribution >= 0.6 is 0 Å². The summed E-state index contributed by atoms with van der Waals surface area (Å²) in [7, 11) is 2.01. The average Bonchev–Trinajstić information content (AvgIpc) is 1.91. The molecule has 2 heteroatoms. The van der Waals surface area contributed by atoms with Gasteiger partial charge in [0.2, 0.25) is 0 Å². The normalized spacial score (nSPS) is 28.3. The summed E-state index contributed by atoms with van der Waals surface area (Å²) in [6, 6.07) is 0.740. The number of hydrogen-bond acceptors (Lipinski definition) is 2. The molecule has 1 rings (SSSR count). The van der Waals surface area contributed by atoms with Crippen LogP contribution in [-0.4, -0.2) is 26.2 Å². The minimum absolute atomic E-state index is 0.740. The lowest BCUT2D eigenvalue weighted by molar-refractivity contribution is 0.392. The predicted octanol–water partition coefficient (Wildman–Crippen LogP) is 0.348. The third-order valence-corrected chi connectivity index (χ3v) is 1.86. The molecule has 0 amide bonds. The summed E-state index contributed by atoms with van der Waals surface area (Å²) in [6.45, 7) is 2.34. The lowest BCUT2D eigenvalue weighted by Gasteiger charge is -2.22. The number of likely N-dealkylation sites (N-methyl/N-ethyl adjacent to an activating group) is 1. The highest BCUT2D eigenvalue weighted by Gasteiger charge is 2.09. The van der Waals surface area contributed by atoms with Gasteiger partial charge in [-0.05, 0) is 26.4 Å². The van der Waals surface area contributed by atoms with E-state index in [4.69, 9.17) is 0 Å². The van der Waals surface area contributed by atoms with E-state index in [0.29, 0.717) is 0 Å². The first-order chi connectivity index (χ1) is 4.43. The van der Waals surface area contributed by atoms with Gasteiger partial charge in [0.05, 0.1) is 0 Å². The van der Waals surface area contributed by atoms with E-state index < -0.39 is 0 Å². The Labute approximate surface area is 57.0 Å². The Bertz CT molecular complexity index is 64.6. The van der Waals surface area contributed by atoms with Crippen LogP contribution in [0.2, 0.25) is 0 Å². The molecule has 0 spiro atoms. The van der Waals surface area contributed by atoms with Gasteiger partial charge in [-0.1, -0.05) is 6.42 Å². The smallest absolute Gasteiger partial charge is 0.0192 e. The van der Waals surface area contributed by atoms with Crippen molar-refractivity contribution in [1.29, 1.82) is 0 Å². The van der Waals surface area contributed by atoms with Gasteiger partial charge in [0.15, 0.2) is 0 Å². The fourth-order valence-corrected chi connectivity index (χ4v) is 1.34. The van der Waals surface area contributed by atoms with Crippen molar-refractivity contribution >= 4 is 0 Å². The van der Waals surface area contributed by atoms with Crippen LogP contribution < -0.4 is 10.6 Å². The van der Waals surface area contributed by atoms with Gasteiger partial charge in [0.25, 0.3) is 0 Å². The van der Waals surface area contributed by atoms with Crippen molar-refractivity contribution < 1.29 is 0 Å². The SMILES string of the molecule is CNC[C@@H]1CCCCN1. The minimum atomic E-state index is 0.740. The summed E-state index contributed by atoms with van der Waals surface area (Å²) in [6.07, 6.45) is 4.11. The summed E-state index contributed by atoms with van der Waals surface area (Å²) in [5, 5.41) is 6.63. The van der Waals surface area contributed by atoms with E-state index in [1.54, 1.807) is 0 Å². The fraction of sp³-hybridized carbons (Fsp3) is 1.00. The molecule has 9 heavy (non-hydrogen) atoms. The van der Waals surface area contributed by atoms with E-state index in [1.807, 2.05) is 7.05 Å². The largest absolute Gasteiger partial charge is 0.318 e. The van der Waals surface area contributed by atoms with Crippen molar-refractivity contribution in [3.63, 3.8) is 0 Å². The minimum Gasteiger partial charge on any atom is -0.318 e. The number of hydrogen-bond donors (Lipinski definition) is 2. The Kier molecular flexibility index (Phi) is 3.01. The molecule has 0 radical (unpaired) electrons. The molecule has 1 saturated heterocycles. The molecule has 54 valence electrons. The zero-order valence-corrected chi connectivity index (χ0v) is 6.11. The van der Waals surface area contributed by atoms with Crippen LogP contribution in [0.1, 0.15) is 19.3 Å². The first kappa shape index (κ1) is 7.03. The maximum absolute atomic E-state index is 3.46. The maximum atomic E-state index is 3.46. The highest BCUT2D eigenvalue weighted by atomic mass is 15.0. The second kappa shape index (κ2) is 3.85. The van der Waals surface area contributed by atoms with Crippen LogP contribution in [0.3, 0.4) is 0 Å². The molecule has 1 aliphatic rings. The molecule has 2 N–H and O–H groups in total. The van der Waals surface area contributed by atoms with Gasteiger partial charge in [0, 0.05) is 12.6 Å². The van der Waals surface area contributed by atoms with Crippen LogP contribution in [0.25, 0.3) is 0 Å². The molecule has 0 unspecified atom stereocenters. The molecule has 1 fully saturated rings. The third kappa shape index (κ3) is 2.33. The van der Waals surface area contributed by atoms with Crippen LogP contribution in [0.5, 0.6) is 0 Å². The Balaban J connectivity index is 2.08. The van der Waals surface area contributed by atoms with E-state index in [0.717, 1.165) is 12.6 Å². The molecule has 0 aromatic heterocycles. The van der Waals surface area contributed by atoms with Gasteiger partial charge in [-0.2, -0.15) is 0 Å². The van der Waals surface area contributed by atoms with Crippen molar-refractivity contribution in [3.8, 4) is 0 Å². The third-order valence-electron chi connectivity index (χ3n) is 1.86. The van der Waals surface area contributed by atoms with Crippen molar-refractivity contribution in [1.82, 2.24) is 10.6 Å². The van der Waals surface area contributed by atoms with Crippen LogP contribution in [-0.2, 0) is 0 Å². The molecule has 1 heterocycles.